The lowest BCUT2D eigenvalue weighted by Gasteiger charge is -2.70. The summed E-state index contributed by atoms with van der Waals surface area (Å²) in [6, 6.07) is 0. The number of allylic oxidation sites excluding steroid dienone is 1. The first-order valence-electron chi connectivity index (χ1n) is 13.9. The molecule has 0 saturated heterocycles. The fourth-order valence-electron chi connectivity index (χ4n) is 10.1. The molecular formula is C30H46O7. The van der Waals surface area contributed by atoms with E-state index in [1.54, 1.807) is 20.8 Å². The van der Waals surface area contributed by atoms with Crippen molar-refractivity contribution in [2.24, 2.45) is 50.7 Å². The van der Waals surface area contributed by atoms with Crippen LogP contribution in [0.15, 0.2) is 11.6 Å². The standard InChI is InChI=1S/C30H46O7/c1-17-10-13-30(24(35)36)15-14-27(5)18(22(30)29(17,7)37)8-9-20-26(4,16-21(31)32)19(11-12-28(20,27)6)25(2,3)23(33)34/h8,17,19-20,22,37H,9-16H2,1-7H3,(H,31,32)(H,33,34)(H,35,36)/t17-,19?,20-,22-,26+,27-,28-,29-,30+/m1/s1. The van der Waals surface area contributed by atoms with Crippen LogP contribution in [0.1, 0.15) is 99.8 Å². The van der Waals surface area contributed by atoms with E-state index in [0.717, 1.165) is 12.0 Å². The van der Waals surface area contributed by atoms with Gasteiger partial charge in [0.25, 0.3) is 0 Å². The molecule has 0 spiro atoms. The SMILES string of the molecule is C[C@@H]1CC[C@]2(C(=O)O)CC[C@]3(C)C(=CC[C@@H]4[C@@](C)(CC(=O)O)C(C(C)(C)C(=O)O)CC[C@]43C)[C@@H]2[C@]1(C)O. The lowest BCUT2D eigenvalue weighted by atomic mass is 9.34. The Kier molecular flexibility index (Phi) is 6.31. The second-order valence-electron chi connectivity index (χ2n) is 14.5. The van der Waals surface area contributed by atoms with Crippen molar-refractivity contribution in [3.05, 3.63) is 11.6 Å². The third kappa shape index (κ3) is 3.51. The number of carbonyl (C=O) groups is 3. The van der Waals surface area contributed by atoms with Gasteiger partial charge in [0, 0.05) is 5.92 Å². The van der Waals surface area contributed by atoms with Crippen molar-refractivity contribution in [1.29, 1.82) is 0 Å². The molecule has 0 aromatic rings. The van der Waals surface area contributed by atoms with Gasteiger partial charge in [-0.05, 0) is 99.7 Å². The van der Waals surface area contributed by atoms with Gasteiger partial charge in [0.05, 0.1) is 22.9 Å². The van der Waals surface area contributed by atoms with Crippen LogP contribution in [0.2, 0.25) is 0 Å². The normalized spacial score (nSPS) is 47.6. The fraction of sp³-hybridized carbons (Fsp3) is 0.833. The van der Waals surface area contributed by atoms with Crippen LogP contribution in [0.4, 0.5) is 0 Å². The molecule has 3 fully saturated rings. The first kappa shape index (κ1) is 28.1. The highest BCUT2D eigenvalue weighted by Crippen LogP contribution is 2.75. The number of hydrogen-bond donors (Lipinski definition) is 4. The van der Waals surface area contributed by atoms with Gasteiger partial charge in [0.15, 0.2) is 0 Å². The van der Waals surface area contributed by atoms with Crippen LogP contribution < -0.4 is 0 Å². The molecule has 37 heavy (non-hydrogen) atoms. The van der Waals surface area contributed by atoms with Crippen LogP contribution in [-0.4, -0.2) is 43.9 Å². The van der Waals surface area contributed by atoms with Crippen LogP contribution >= 0.6 is 0 Å². The highest BCUT2D eigenvalue weighted by molar-refractivity contribution is 5.77. The topological polar surface area (TPSA) is 132 Å². The van der Waals surface area contributed by atoms with Crippen LogP contribution in [-0.2, 0) is 14.4 Å². The molecule has 0 amide bonds. The lowest BCUT2D eigenvalue weighted by molar-refractivity contribution is -0.206. The third-order valence-electron chi connectivity index (χ3n) is 12.7. The quantitative estimate of drug-likeness (QED) is 0.348. The Labute approximate surface area is 220 Å². The molecule has 7 nitrogen and oxygen atoms in total. The second-order valence-corrected chi connectivity index (χ2v) is 14.5. The summed E-state index contributed by atoms with van der Waals surface area (Å²) in [5, 5.41) is 42.5. The average Bonchev–Trinajstić information content (AvgIpc) is 2.76. The number of aliphatic hydroxyl groups is 1. The molecule has 9 atom stereocenters. The molecule has 3 saturated carbocycles. The van der Waals surface area contributed by atoms with Crippen LogP contribution in [0.25, 0.3) is 0 Å². The number of rotatable bonds is 5. The minimum absolute atomic E-state index is 0.0388. The molecule has 0 aromatic carbocycles. The van der Waals surface area contributed by atoms with Gasteiger partial charge >= 0.3 is 17.9 Å². The lowest BCUT2D eigenvalue weighted by Crippen LogP contribution is -2.67. The second kappa shape index (κ2) is 8.30. The maximum atomic E-state index is 12.8. The van der Waals surface area contributed by atoms with Crippen molar-refractivity contribution >= 4 is 17.9 Å². The van der Waals surface area contributed by atoms with Gasteiger partial charge in [0.2, 0.25) is 0 Å². The average molecular weight is 519 g/mol. The van der Waals surface area contributed by atoms with E-state index in [1.165, 1.54) is 0 Å². The number of carboxylic acids is 3. The minimum Gasteiger partial charge on any atom is -0.481 e. The summed E-state index contributed by atoms with van der Waals surface area (Å²) in [6.07, 6.45) is 6.29. The Morgan fingerprint density at radius 2 is 1.59 bits per heavy atom. The number of fused-ring (bicyclic) bond motifs is 5. The Hall–Kier alpha value is -1.89. The Balaban J connectivity index is 1.90. The molecule has 0 radical (unpaired) electrons. The Bertz CT molecular complexity index is 1040. The molecular weight excluding hydrogens is 472 g/mol. The van der Waals surface area contributed by atoms with Gasteiger partial charge in [-0.1, -0.05) is 39.3 Å². The Morgan fingerprint density at radius 1 is 0.973 bits per heavy atom. The molecule has 7 heteroatoms. The van der Waals surface area contributed by atoms with Crippen molar-refractivity contribution in [2.75, 3.05) is 0 Å². The van der Waals surface area contributed by atoms with Gasteiger partial charge in [0.1, 0.15) is 0 Å². The molecule has 208 valence electrons. The van der Waals surface area contributed by atoms with Gasteiger partial charge in [-0.3, -0.25) is 14.4 Å². The molecule has 4 aliphatic rings. The molecule has 0 aliphatic heterocycles. The summed E-state index contributed by atoms with van der Waals surface area (Å²) in [5.74, 6) is -3.60. The highest BCUT2D eigenvalue weighted by Gasteiger charge is 2.71. The van der Waals surface area contributed by atoms with Crippen molar-refractivity contribution in [1.82, 2.24) is 0 Å². The van der Waals surface area contributed by atoms with Crippen molar-refractivity contribution in [3.8, 4) is 0 Å². The summed E-state index contributed by atoms with van der Waals surface area (Å²) in [7, 11) is 0. The van der Waals surface area contributed by atoms with Gasteiger partial charge < -0.3 is 20.4 Å². The monoisotopic (exact) mass is 518 g/mol. The van der Waals surface area contributed by atoms with Crippen LogP contribution in [0, 0.1) is 50.7 Å². The van der Waals surface area contributed by atoms with Crippen molar-refractivity contribution in [3.63, 3.8) is 0 Å². The minimum atomic E-state index is -1.17. The predicted molar refractivity (Wildman–Crippen MR) is 139 cm³/mol. The molecule has 0 aromatic heterocycles. The first-order valence-corrected chi connectivity index (χ1v) is 13.9. The van der Waals surface area contributed by atoms with Crippen molar-refractivity contribution < 1.29 is 34.8 Å². The van der Waals surface area contributed by atoms with E-state index in [-0.39, 0.29) is 29.6 Å². The van der Waals surface area contributed by atoms with Gasteiger partial charge in [-0.25, -0.2) is 0 Å². The number of carboxylic acid groups (broad SMARTS) is 3. The maximum absolute atomic E-state index is 12.8. The van der Waals surface area contributed by atoms with Gasteiger partial charge in [-0.15, -0.1) is 0 Å². The van der Waals surface area contributed by atoms with E-state index in [4.69, 9.17) is 0 Å². The summed E-state index contributed by atoms with van der Waals surface area (Å²) in [4.78, 5) is 37.4. The van der Waals surface area contributed by atoms with Crippen molar-refractivity contribution in [2.45, 2.75) is 105 Å². The molecule has 4 N–H and O–H groups in total. The Morgan fingerprint density at radius 3 is 2.14 bits per heavy atom. The fourth-order valence-corrected chi connectivity index (χ4v) is 10.1. The summed E-state index contributed by atoms with van der Waals surface area (Å²) in [6.45, 7) is 13.7. The molecule has 0 heterocycles. The van der Waals surface area contributed by atoms with Crippen LogP contribution in [0.5, 0.6) is 0 Å². The predicted octanol–water partition coefficient (Wildman–Crippen LogP) is 5.61. The van der Waals surface area contributed by atoms with E-state index in [0.29, 0.717) is 38.5 Å². The van der Waals surface area contributed by atoms with Crippen LogP contribution in [0.3, 0.4) is 0 Å². The van der Waals surface area contributed by atoms with Gasteiger partial charge in [-0.2, -0.15) is 0 Å². The third-order valence-corrected chi connectivity index (χ3v) is 12.7. The zero-order chi connectivity index (χ0) is 28.0. The molecule has 4 rings (SSSR count). The number of hydrogen-bond acceptors (Lipinski definition) is 4. The van der Waals surface area contributed by atoms with E-state index in [1.807, 2.05) is 13.8 Å². The smallest absolute Gasteiger partial charge is 0.310 e. The van der Waals surface area contributed by atoms with E-state index in [2.05, 4.69) is 19.9 Å². The van der Waals surface area contributed by atoms with E-state index >= 15 is 0 Å². The molecule has 4 aliphatic carbocycles. The first-order chi connectivity index (χ1) is 16.8. The molecule has 0 bridgehead atoms. The van der Waals surface area contributed by atoms with E-state index in [9.17, 15) is 34.8 Å². The zero-order valence-electron chi connectivity index (χ0n) is 23.6. The highest BCUT2D eigenvalue weighted by atomic mass is 16.4. The van der Waals surface area contributed by atoms with E-state index < -0.39 is 51.1 Å². The summed E-state index contributed by atoms with van der Waals surface area (Å²) >= 11 is 0. The zero-order valence-corrected chi connectivity index (χ0v) is 23.6. The molecule has 1 unspecified atom stereocenters. The largest absolute Gasteiger partial charge is 0.481 e. The summed E-state index contributed by atoms with van der Waals surface area (Å²) in [5.41, 5.74) is -3.74. The number of aliphatic carboxylic acids is 3. The maximum Gasteiger partial charge on any atom is 0.310 e. The summed E-state index contributed by atoms with van der Waals surface area (Å²) < 4.78 is 0.